The standard InChI is InChI=1S/C26H25F3N4O2/c1-33(2)24(25(35)31-20-14-12-19(13-15-20)26(27,28)29)18-10-7-17(8-11-18)9-16-23(34)32-22-6-4-3-5-21(22)30/h3-16,24H,30H2,1-2H3,(H,31,35)(H,32,34). The van der Waals surface area contributed by atoms with Gasteiger partial charge in [0.1, 0.15) is 6.04 Å². The van der Waals surface area contributed by atoms with E-state index in [1.807, 2.05) is 0 Å². The number of halogens is 3. The van der Waals surface area contributed by atoms with Crippen molar-refractivity contribution in [3.05, 3.63) is 95.6 Å². The summed E-state index contributed by atoms with van der Waals surface area (Å²) in [6, 6.07) is 17.6. The topological polar surface area (TPSA) is 87.5 Å². The highest BCUT2D eigenvalue weighted by Crippen LogP contribution is 2.30. The Morgan fingerprint density at radius 2 is 1.54 bits per heavy atom. The molecule has 6 nitrogen and oxygen atoms in total. The third-order valence-electron chi connectivity index (χ3n) is 5.14. The first-order valence-electron chi connectivity index (χ1n) is 10.6. The van der Waals surface area contributed by atoms with Crippen LogP contribution in [-0.4, -0.2) is 30.8 Å². The number of hydrogen-bond acceptors (Lipinski definition) is 4. The summed E-state index contributed by atoms with van der Waals surface area (Å²) in [6.07, 6.45) is -1.44. The van der Waals surface area contributed by atoms with Crippen molar-refractivity contribution in [3.8, 4) is 0 Å². The zero-order valence-corrected chi connectivity index (χ0v) is 19.1. The Kier molecular flexibility index (Phi) is 7.93. The van der Waals surface area contributed by atoms with E-state index in [0.717, 1.165) is 17.7 Å². The maximum Gasteiger partial charge on any atom is 0.416 e. The molecule has 0 saturated heterocycles. The number of likely N-dealkylation sites (N-methyl/N-ethyl adjacent to an activating group) is 1. The average Bonchev–Trinajstić information content (AvgIpc) is 2.80. The largest absolute Gasteiger partial charge is 0.416 e. The molecule has 35 heavy (non-hydrogen) atoms. The van der Waals surface area contributed by atoms with Crippen LogP contribution in [0.4, 0.5) is 30.2 Å². The number of nitrogens with zero attached hydrogens (tertiary/aromatic N) is 1. The van der Waals surface area contributed by atoms with E-state index in [4.69, 9.17) is 5.73 Å². The number of nitrogens with one attached hydrogen (secondary N) is 2. The van der Waals surface area contributed by atoms with Gasteiger partial charge < -0.3 is 16.4 Å². The number of carbonyl (C=O) groups excluding carboxylic acids is 2. The molecule has 0 bridgehead atoms. The van der Waals surface area contributed by atoms with E-state index in [0.29, 0.717) is 16.9 Å². The minimum absolute atomic E-state index is 0.263. The third-order valence-corrected chi connectivity index (χ3v) is 5.14. The first kappa shape index (κ1) is 25.5. The SMILES string of the molecule is CN(C)C(C(=O)Nc1ccc(C(F)(F)F)cc1)c1ccc(C=CC(=O)Nc2ccccc2N)cc1. The average molecular weight is 483 g/mol. The number of nitrogen functional groups attached to an aromatic ring is 1. The molecule has 182 valence electrons. The van der Waals surface area contributed by atoms with Gasteiger partial charge in [-0.15, -0.1) is 0 Å². The number of rotatable bonds is 7. The van der Waals surface area contributed by atoms with Crippen LogP contribution in [0.1, 0.15) is 22.7 Å². The molecule has 0 fully saturated rings. The summed E-state index contributed by atoms with van der Waals surface area (Å²) in [7, 11) is 3.45. The Morgan fingerprint density at radius 3 is 2.11 bits per heavy atom. The van der Waals surface area contributed by atoms with Gasteiger partial charge in [0.05, 0.1) is 16.9 Å². The fraction of sp³-hybridized carbons (Fsp3) is 0.154. The number of para-hydroxylation sites is 2. The Labute approximate surface area is 201 Å². The monoisotopic (exact) mass is 482 g/mol. The number of carbonyl (C=O) groups is 2. The van der Waals surface area contributed by atoms with Crippen LogP contribution in [0, 0.1) is 0 Å². The first-order valence-corrected chi connectivity index (χ1v) is 10.6. The quantitative estimate of drug-likeness (QED) is 0.320. The van der Waals surface area contributed by atoms with Crippen molar-refractivity contribution in [3.63, 3.8) is 0 Å². The third kappa shape index (κ3) is 6.94. The maximum absolute atomic E-state index is 12.9. The molecule has 0 aliphatic heterocycles. The molecule has 0 aromatic heterocycles. The molecular formula is C26H25F3N4O2. The molecule has 9 heteroatoms. The van der Waals surface area contributed by atoms with Gasteiger partial charge in [0.2, 0.25) is 11.8 Å². The summed E-state index contributed by atoms with van der Waals surface area (Å²) in [5, 5.41) is 5.36. The van der Waals surface area contributed by atoms with E-state index >= 15 is 0 Å². The van der Waals surface area contributed by atoms with Crippen LogP contribution in [0.2, 0.25) is 0 Å². The van der Waals surface area contributed by atoms with Gasteiger partial charge in [-0.1, -0.05) is 36.4 Å². The molecule has 0 saturated carbocycles. The van der Waals surface area contributed by atoms with E-state index < -0.39 is 23.7 Å². The smallest absolute Gasteiger partial charge is 0.397 e. The van der Waals surface area contributed by atoms with Gasteiger partial charge in [-0.25, -0.2) is 0 Å². The molecule has 3 aromatic rings. The van der Waals surface area contributed by atoms with Crippen LogP contribution in [0.5, 0.6) is 0 Å². The summed E-state index contributed by atoms with van der Waals surface area (Å²) < 4.78 is 38.3. The van der Waals surface area contributed by atoms with Crippen molar-refractivity contribution < 1.29 is 22.8 Å². The van der Waals surface area contributed by atoms with Crippen LogP contribution in [0.3, 0.4) is 0 Å². The van der Waals surface area contributed by atoms with Crippen molar-refractivity contribution in [2.45, 2.75) is 12.2 Å². The summed E-state index contributed by atoms with van der Waals surface area (Å²) in [5.74, 6) is -0.730. The fourth-order valence-electron chi connectivity index (χ4n) is 3.38. The number of alkyl halides is 3. The highest BCUT2D eigenvalue weighted by atomic mass is 19.4. The van der Waals surface area contributed by atoms with E-state index in [1.165, 1.54) is 18.2 Å². The minimum Gasteiger partial charge on any atom is -0.397 e. The van der Waals surface area contributed by atoms with Crippen molar-refractivity contribution in [1.29, 1.82) is 0 Å². The lowest BCUT2D eigenvalue weighted by Crippen LogP contribution is -2.32. The first-order chi connectivity index (χ1) is 16.5. The van der Waals surface area contributed by atoms with Gasteiger partial charge >= 0.3 is 6.18 Å². The molecule has 2 amide bonds. The summed E-state index contributed by atoms with van der Waals surface area (Å²) in [6.45, 7) is 0. The molecule has 4 N–H and O–H groups in total. The second-order valence-corrected chi connectivity index (χ2v) is 8.01. The zero-order valence-electron chi connectivity index (χ0n) is 19.1. The Morgan fingerprint density at radius 1 is 0.914 bits per heavy atom. The Bertz CT molecular complexity index is 1200. The lowest BCUT2D eigenvalue weighted by atomic mass is 10.0. The number of nitrogens with two attached hydrogens (primary N) is 1. The predicted octanol–water partition coefficient (Wildman–Crippen LogP) is 5.18. The maximum atomic E-state index is 12.9. The van der Waals surface area contributed by atoms with Gasteiger partial charge in [0.15, 0.2) is 0 Å². The Hall–Kier alpha value is -4.11. The molecule has 1 atom stereocenters. The van der Waals surface area contributed by atoms with Crippen LogP contribution < -0.4 is 16.4 Å². The van der Waals surface area contributed by atoms with Gasteiger partial charge in [0, 0.05) is 11.8 Å². The normalized spacial score (nSPS) is 12.5. The molecule has 1 unspecified atom stereocenters. The summed E-state index contributed by atoms with van der Waals surface area (Å²) in [4.78, 5) is 26.7. The van der Waals surface area contributed by atoms with Crippen molar-refractivity contribution in [2.24, 2.45) is 0 Å². The lowest BCUT2D eigenvalue weighted by molar-refractivity contribution is -0.137. The zero-order chi connectivity index (χ0) is 25.6. The van der Waals surface area contributed by atoms with Gasteiger partial charge in [-0.3, -0.25) is 14.5 Å². The van der Waals surface area contributed by atoms with Crippen LogP contribution in [-0.2, 0) is 15.8 Å². The molecule has 0 spiro atoms. The van der Waals surface area contributed by atoms with E-state index in [9.17, 15) is 22.8 Å². The van der Waals surface area contributed by atoms with Gasteiger partial charge in [-0.05, 0) is 67.7 Å². The van der Waals surface area contributed by atoms with E-state index in [-0.39, 0.29) is 11.6 Å². The van der Waals surface area contributed by atoms with Gasteiger partial charge in [0.25, 0.3) is 0 Å². The molecule has 0 heterocycles. The second-order valence-electron chi connectivity index (χ2n) is 8.01. The molecule has 3 aromatic carbocycles. The van der Waals surface area contributed by atoms with Crippen molar-refractivity contribution >= 4 is 35.0 Å². The van der Waals surface area contributed by atoms with E-state index in [2.05, 4.69) is 10.6 Å². The number of hydrogen-bond donors (Lipinski definition) is 3. The van der Waals surface area contributed by atoms with Gasteiger partial charge in [-0.2, -0.15) is 13.2 Å². The molecular weight excluding hydrogens is 457 g/mol. The highest BCUT2D eigenvalue weighted by molar-refractivity contribution is 6.03. The van der Waals surface area contributed by atoms with Crippen molar-refractivity contribution in [1.82, 2.24) is 4.90 Å². The minimum atomic E-state index is -4.44. The lowest BCUT2D eigenvalue weighted by Gasteiger charge is -2.24. The number of amides is 2. The van der Waals surface area contributed by atoms with Crippen LogP contribution >= 0.6 is 0 Å². The Balaban J connectivity index is 1.67. The molecule has 0 radical (unpaired) electrons. The second kappa shape index (κ2) is 10.9. The molecule has 0 aliphatic carbocycles. The number of benzene rings is 3. The van der Waals surface area contributed by atoms with Crippen molar-refractivity contribution in [2.75, 3.05) is 30.5 Å². The summed E-state index contributed by atoms with van der Waals surface area (Å²) in [5.41, 5.74) is 7.70. The molecule has 0 aliphatic rings. The summed E-state index contributed by atoms with van der Waals surface area (Å²) >= 11 is 0. The van der Waals surface area contributed by atoms with Crippen LogP contribution in [0.15, 0.2) is 78.9 Å². The predicted molar refractivity (Wildman–Crippen MR) is 131 cm³/mol. The molecule has 3 rings (SSSR count). The highest BCUT2D eigenvalue weighted by Gasteiger charge is 2.30. The van der Waals surface area contributed by atoms with E-state index in [1.54, 1.807) is 73.6 Å². The fourth-order valence-corrected chi connectivity index (χ4v) is 3.38. The number of anilines is 3. The van der Waals surface area contributed by atoms with Crippen LogP contribution in [0.25, 0.3) is 6.08 Å².